The molecule has 1 aromatic carbocycles. The molecule has 13 heavy (non-hydrogen) atoms. The van der Waals surface area contributed by atoms with Gasteiger partial charge in [0.25, 0.3) is 0 Å². The van der Waals surface area contributed by atoms with Gasteiger partial charge in [-0.2, -0.15) is 8.78 Å². The second-order valence-corrected chi connectivity index (χ2v) is 2.84. The van der Waals surface area contributed by atoms with E-state index in [9.17, 15) is 17.6 Å². The Labute approximate surface area is 79.4 Å². The van der Waals surface area contributed by atoms with Crippen molar-refractivity contribution in [3.63, 3.8) is 0 Å². The van der Waals surface area contributed by atoms with Crippen molar-refractivity contribution in [1.82, 2.24) is 0 Å². The number of alkyl halides is 2. The minimum absolute atomic E-state index is 0.436. The van der Waals surface area contributed by atoms with Gasteiger partial charge in [0.2, 0.25) is 0 Å². The van der Waals surface area contributed by atoms with Crippen LogP contribution in [-0.4, -0.2) is 6.61 Å². The minimum Gasteiger partial charge on any atom is -0.434 e. The summed E-state index contributed by atoms with van der Waals surface area (Å²) in [6.45, 7) is -3.07. The van der Waals surface area contributed by atoms with Crippen LogP contribution in [0.5, 0.6) is 5.75 Å². The molecule has 0 radical (unpaired) electrons. The van der Waals surface area contributed by atoms with Crippen LogP contribution < -0.4 is 4.74 Å². The summed E-state index contributed by atoms with van der Waals surface area (Å²) < 4.78 is 51.9. The molecule has 0 amide bonds. The molecule has 72 valence electrons. The van der Waals surface area contributed by atoms with Crippen LogP contribution in [0, 0.1) is 11.6 Å². The Kier molecular flexibility index (Phi) is 3.13. The molecule has 0 unspecified atom stereocenters. The topological polar surface area (TPSA) is 9.23 Å². The van der Waals surface area contributed by atoms with Gasteiger partial charge in [-0.1, -0.05) is 0 Å². The fraction of sp³-hybridized carbons (Fsp3) is 0.143. The molecule has 0 saturated heterocycles. The molecular weight excluding hydrogens is 256 g/mol. The minimum atomic E-state index is -3.07. The summed E-state index contributed by atoms with van der Waals surface area (Å²) in [6, 6.07) is 1.62. The largest absolute Gasteiger partial charge is 0.434 e. The van der Waals surface area contributed by atoms with Gasteiger partial charge in [0.15, 0.2) is 11.6 Å². The van der Waals surface area contributed by atoms with Crippen LogP contribution in [0.2, 0.25) is 0 Å². The van der Waals surface area contributed by atoms with Gasteiger partial charge < -0.3 is 4.74 Å². The Morgan fingerprint density at radius 3 is 2.38 bits per heavy atom. The number of benzene rings is 1. The van der Waals surface area contributed by atoms with Gasteiger partial charge >= 0.3 is 6.61 Å². The van der Waals surface area contributed by atoms with E-state index in [2.05, 4.69) is 20.7 Å². The molecule has 0 fully saturated rings. The van der Waals surface area contributed by atoms with E-state index in [-0.39, 0.29) is 0 Å². The third kappa shape index (κ3) is 2.33. The van der Waals surface area contributed by atoms with Crippen molar-refractivity contribution in [2.45, 2.75) is 6.61 Å². The van der Waals surface area contributed by atoms with Gasteiger partial charge in [0, 0.05) is 0 Å². The molecule has 0 bridgehead atoms. The van der Waals surface area contributed by atoms with Crippen LogP contribution >= 0.6 is 15.9 Å². The highest BCUT2D eigenvalue weighted by Crippen LogP contribution is 2.30. The zero-order valence-corrected chi connectivity index (χ0v) is 7.62. The molecule has 0 heterocycles. The lowest BCUT2D eigenvalue weighted by Crippen LogP contribution is -2.03. The highest BCUT2D eigenvalue weighted by molar-refractivity contribution is 9.10. The average molecular weight is 259 g/mol. The van der Waals surface area contributed by atoms with Gasteiger partial charge in [0.1, 0.15) is 5.75 Å². The smallest absolute Gasteiger partial charge is 0.387 e. The first-order valence-electron chi connectivity index (χ1n) is 3.10. The Morgan fingerprint density at radius 2 is 1.85 bits per heavy atom. The van der Waals surface area contributed by atoms with E-state index in [1.807, 2.05) is 0 Å². The maximum absolute atomic E-state index is 12.7. The SMILES string of the molecule is Fc1ccc(OC(F)F)c(Br)c1F. The summed E-state index contributed by atoms with van der Waals surface area (Å²) in [5.41, 5.74) is 0. The zero-order valence-electron chi connectivity index (χ0n) is 6.03. The van der Waals surface area contributed by atoms with Crippen molar-refractivity contribution in [3.05, 3.63) is 28.2 Å². The predicted octanol–water partition coefficient (Wildman–Crippen LogP) is 3.33. The maximum atomic E-state index is 12.7. The van der Waals surface area contributed by atoms with Crippen molar-refractivity contribution >= 4 is 15.9 Å². The molecule has 1 aromatic rings. The first-order valence-corrected chi connectivity index (χ1v) is 3.90. The van der Waals surface area contributed by atoms with Crippen LogP contribution in [0.15, 0.2) is 16.6 Å². The number of rotatable bonds is 2. The molecule has 0 saturated carbocycles. The number of hydrogen-bond donors (Lipinski definition) is 0. The summed E-state index contributed by atoms with van der Waals surface area (Å²) >= 11 is 2.59. The van der Waals surface area contributed by atoms with E-state index in [1.54, 1.807) is 0 Å². The molecule has 0 aliphatic heterocycles. The summed E-state index contributed by atoms with van der Waals surface area (Å²) in [4.78, 5) is 0. The van der Waals surface area contributed by atoms with Gasteiger partial charge in [0.05, 0.1) is 4.47 Å². The second kappa shape index (κ2) is 3.95. The lowest BCUT2D eigenvalue weighted by Gasteiger charge is -2.06. The van der Waals surface area contributed by atoms with Gasteiger partial charge in [-0.25, -0.2) is 8.78 Å². The number of halogens is 5. The first kappa shape index (κ1) is 10.3. The van der Waals surface area contributed by atoms with Crippen LogP contribution in [0.25, 0.3) is 0 Å². The molecule has 0 atom stereocenters. The van der Waals surface area contributed by atoms with Crippen LogP contribution in [-0.2, 0) is 0 Å². The molecule has 0 spiro atoms. The van der Waals surface area contributed by atoms with E-state index in [0.29, 0.717) is 6.07 Å². The van der Waals surface area contributed by atoms with E-state index >= 15 is 0 Å². The van der Waals surface area contributed by atoms with E-state index < -0.39 is 28.5 Å². The molecule has 0 aliphatic carbocycles. The van der Waals surface area contributed by atoms with Crippen LogP contribution in [0.4, 0.5) is 17.6 Å². The molecule has 6 heteroatoms. The van der Waals surface area contributed by atoms with Crippen molar-refractivity contribution in [3.8, 4) is 5.75 Å². The molecule has 1 rings (SSSR count). The van der Waals surface area contributed by atoms with Crippen molar-refractivity contribution < 1.29 is 22.3 Å². The maximum Gasteiger partial charge on any atom is 0.387 e. The Hall–Kier alpha value is -0.780. The normalized spacial score (nSPS) is 10.6. The fourth-order valence-electron chi connectivity index (χ4n) is 0.695. The van der Waals surface area contributed by atoms with Crippen molar-refractivity contribution in [2.24, 2.45) is 0 Å². The standard InChI is InChI=1S/C7H3BrF4O/c8-5-4(13-7(11)12)2-1-3(9)6(5)10/h1-2,7H. The molecule has 0 aliphatic rings. The van der Waals surface area contributed by atoms with Crippen molar-refractivity contribution in [1.29, 1.82) is 0 Å². The lowest BCUT2D eigenvalue weighted by atomic mass is 10.3. The second-order valence-electron chi connectivity index (χ2n) is 2.05. The van der Waals surface area contributed by atoms with E-state index in [1.165, 1.54) is 0 Å². The summed E-state index contributed by atoms with van der Waals surface area (Å²) in [5, 5.41) is 0. The third-order valence-corrected chi connectivity index (χ3v) is 1.95. The van der Waals surface area contributed by atoms with Crippen LogP contribution in [0.3, 0.4) is 0 Å². The molecular formula is C7H3BrF4O. The quantitative estimate of drug-likeness (QED) is 0.584. The summed E-state index contributed by atoms with van der Waals surface area (Å²) in [5.74, 6) is -2.82. The highest BCUT2D eigenvalue weighted by atomic mass is 79.9. The predicted molar refractivity (Wildman–Crippen MR) is 40.7 cm³/mol. The molecule has 0 aromatic heterocycles. The summed E-state index contributed by atoms with van der Waals surface area (Å²) in [7, 11) is 0. The zero-order chi connectivity index (χ0) is 10.0. The molecule has 0 N–H and O–H groups in total. The van der Waals surface area contributed by atoms with Crippen LogP contribution in [0.1, 0.15) is 0 Å². The fourth-order valence-corrected chi connectivity index (χ4v) is 1.11. The Bertz CT molecular complexity index is 316. The van der Waals surface area contributed by atoms with Crippen molar-refractivity contribution in [2.75, 3.05) is 0 Å². The molecule has 1 nitrogen and oxygen atoms in total. The van der Waals surface area contributed by atoms with Gasteiger partial charge in [-0.05, 0) is 28.1 Å². The van der Waals surface area contributed by atoms with Gasteiger partial charge in [-0.3, -0.25) is 0 Å². The number of ether oxygens (including phenoxy) is 1. The average Bonchev–Trinajstić information content (AvgIpc) is 2.06. The lowest BCUT2D eigenvalue weighted by molar-refractivity contribution is -0.0506. The Balaban J connectivity index is 3.04. The summed E-state index contributed by atoms with van der Waals surface area (Å²) in [6.07, 6.45) is 0. The first-order chi connectivity index (χ1) is 6.02. The Morgan fingerprint density at radius 1 is 1.23 bits per heavy atom. The monoisotopic (exact) mass is 258 g/mol. The van der Waals surface area contributed by atoms with E-state index in [4.69, 9.17) is 0 Å². The third-order valence-electron chi connectivity index (χ3n) is 1.22. The van der Waals surface area contributed by atoms with E-state index in [0.717, 1.165) is 6.07 Å². The van der Waals surface area contributed by atoms with Gasteiger partial charge in [-0.15, -0.1) is 0 Å². The highest BCUT2D eigenvalue weighted by Gasteiger charge is 2.14. The number of hydrogen-bond acceptors (Lipinski definition) is 1.